The lowest BCUT2D eigenvalue weighted by molar-refractivity contribution is 0.202. The van der Waals surface area contributed by atoms with Gasteiger partial charge in [-0.3, -0.25) is 9.88 Å². The minimum Gasteiger partial charge on any atom is -0.321 e. The van der Waals surface area contributed by atoms with Crippen LogP contribution in [0.2, 0.25) is 0 Å². The molecule has 0 aliphatic carbocycles. The SMILES string of the molecule is CC[C@@H](c1cccnc1)N(C)C(=O)Nc1ccccc1CN1CCCCC1. The fourth-order valence-electron chi connectivity index (χ4n) is 3.79. The van der Waals surface area contributed by atoms with E-state index in [0.717, 1.165) is 37.3 Å². The van der Waals surface area contributed by atoms with Crippen LogP contribution >= 0.6 is 0 Å². The quantitative estimate of drug-likeness (QED) is 0.807. The lowest BCUT2D eigenvalue weighted by Crippen LogP contribution is -2.35. The van der Waals surface area contributed by atoms with Gasteiger partial charge in [0.1, 0.15) is 0 Å². The van der Waals surface area contributed by atoms with Crippen molar-refractivity contribution >= 4 is 11.7 Å². The summed E-state index contributed by atoms with van der Waals surface area (Å²) in [6.45, 7) is 5.26. The van der Waals surface area contributed by atoms with Gasteiger partial charge in [-0.1, -0.05) is 37.6 Å². The van der Waals surface area contributed by atoms with Gasteiger partial charge in [0.2, 0.25) is 0 Å². The van der Waals surface area contributed by atoms with Crippen molar-refractivity contribution in [3.05, 3.63) is 59.9 Å². The summed E-state index contributed by atoms with van der Waals surface area (Å²) in [5, 5.41) is 3.12. The third-order valence-corrected chi connectivity index (χ3v) is 5.35. The molecule has 1 aromatic heterocycles. The summed E-state index contributed by atoms with van der Waals surface area (Å²) in [6.07, 6.45) is 8.29. The predicted molar refractivity (Wildman–Crippen MR) is 110 cm³/mol. The number of aromatic nitrogens is 1. The Morgan fingerprint density at radius 2 is 1.96 bits per heavy atom. The smallest absolute Gasteiger partial charge is 0.321 e. The van der Waals surface area contributed by atoms with Gasteiger partial charge >= 0.3 is 6.03 Å². The van der Waals surface area contributed by atoms with E-state index in [2.05, 4.69) is 28.2 Å². The van der Waals surface area contributed by atoms with E-state index in [-0.39, 0.29) is 12.1 Å². The monoisotopic (exact) mass is 366 g/mol. The molecule has 1 aromatic carbocycles. The van der Waals surface area contributed by atoms with Gasteiger partial charge in [-0.2, -0.15) is 0 Å². The average Bonchev–Trinajstić information content (AvgIpc) is 2.71. The Balaban J connectivity index is 1.69. The van der Waals surface area contributed by atoms with Crippen molar-refractivity contribution < 1.29 is 4.79 Å². The van der Waals surface area contributed by atoms with Gasteiger partial charge in [-0.05, 0) is 55.6 Å². The summed E-state index contributed by atoms with van der Waals surface area (Å²) in [5.74, 6) is 0. The van der Waals surface area contributed by atoms with Crippen molar-refractivity contribution in [3.8, 4) is 0 Å². The molecule has 2 aromatic rings. The minimum absolute atomic E-state index is 0.00737. The van der Waals surface area contributed by atoms with Gasteiger partial charge in [0.05, 0.1) is 6.04 Å². The molecule has 0 radical (unpaired) electrons. The van der Waals surface area contributed by atoms with E-state index in [1.807, 2.05) is 43.6 Å². The van der Waals surface area contributed by atoms with Crippen LogP contribution in [0.5, 0.6) is 0 Å². The first kappa shape index (κ1) is 19.4. The van der Waals surface area contributed by atoms with Gasteiger partial charge < -0.3 is 10.2 Å². The molecule has 0 saturated carbocycles. The number of piperidine rings is 1. The second-order valence-corrected chi connectivity index (χ2v) is 7.25. The fraction of sp³-hybridized carbons (Fsp3) is 0.455. The molecule has 1 saturated heterocycles. The molecule has 1 N–H and O–H groups in total. The molecule has 2 heterocycles. The number of anilines is 1. The van der Waals surface area contributed by atoms with Crippen LogP contribution in [0.4, 0.5) is 10.5 Å². The van der Waals surface area contributed by atoms with Crippen molar-refractivity contribution in [2.75, 3.05) is 25.5 Å². The van der Waals surface area contributed by atoms with E-state index in [4.69, 9.17) is 0 Å². The van der Waals surface area contributed by atoms with Crippen LogP contribution in [0.3, 0.4) is 0 Å². The largest absolute Gasteiger partial charge is 0.322 e. The van der Waals surface area contributed by atoms with Crippen LogP contribution in [-0.4, -0.2) is 41.0 Å². The topological polar surface area (TPSA) is 48.5 Å². The Bertz CT molecular complexity index is 728. The number of benzene rings is 1. The number of nitrogens with zero attached hydrogens (tertiary/aromatic N) is 3. The summed E-state index contributed by atoms with van der Waals surface area (Å²) < 4.78 is 0. The van der Waals surface area contributed by atoms with Crippen molar-refractivity contribution in [1.82, 2.24) is 14.8 Å². The molecule has 5 nitrogen and oxygen atoms in total. The van der Waals surface area contributed by atoms with Gasteiger partial charge in [-0.15, -0.1) is 0 Å². The highest BCUT2D eigenvalue weighted by atomic mass is 16.2. The number of urea groups is 1. The number of carbonyl (C=O) groups is 1. The van der Waals surface area contributed by atoms with Crippen LogP contribution in [0, 0.1) is 0 Å². The standard InChI is InChI=1S/C22H30N4O/c1-3-21(18-11-9-13-23-16-18)25(2)22(27)24-20-12-6-5-10-19(20)17-26-14-7-4-8-15-26/h5-6,9-13,16,21H,3-4,7-8,14-15,17H2,1-2H3,(H,24,27)/t21-/m0/s1. The summed E-state index contributed by atoms with van der Waals surface area (Å²) >= 11 is 0. The molecular weight excluding hydrogens is 336 g/mol. The van der Waals surface area contributed by atoms with Crippen LogP contribution < -0.4 is 5.32 Å². The first-order valence-electron chi connectivity index (χ1n) is 9.93. The Morgan fingerprint density at radius 1 is 1.19 bits per heavy atom. The zero-order valence-electron chi connectivity index (χ0n) is 16.4. The minimum atomic E-state index is -0.0863. The third-order valence-electron chi connectivity index (χ3n) is 5.35. The molecule has 0 unspecified atom stereocenters. The molecule has 2 amide bonds. The second-order valence-electron chi connectivity index (χ2n) is 7.25. The van der Waals surface area contributed by atoms with Crippen molar-refractivity contribution in [3.63, 3.8) is 0 Å². The van der Waals surface area contributed by atoms with Crippen LogP contribution in [-0.2, 0) is 6.54 Å². The van der Waals surface area contributed by atoms with E-state index in [1.54, 1.807) is 11.1 Å². The number of hydrogen-bond acceptors (Lipinski definition) is 3. The zero-order chi connectivity index (χ0) is 19.1. The molecular formula is C22H30N4O. The molecule has 3 rings (SSSR count). The Hall–Kier alpha value is -2.40. The van der Waals surface area contributed by atoms with Gasteiger partial charge in [0.25, 0.3) is 0 Å². The molecule has 27 heavy (non-hydrogen) atoms. The molecule has 1 fully saturated rings. The molecule has 1 atom stereocenters. The van der Waals surface area contributed by atoms with Crippen molar-refractivity contribution in [1.29, 1.82) is 0 Å². The van der Waals surface area contributed by atoms with E-state index < -0.39 is 0 Å². The van der Waals surface area contributed by atoms with Crippen LogP contribution in [0.1, 0.15) is 49.8 Å². The number of amides is 2. The normalized spacial score (nSPS) is 15.9. The van der Waals surface area contributed by atoms with Gasteiger partial charge in [-0.25, -0.2) is 4.79 Å². The molecule has 0 bridgehead atoms. The van der Waals surface area contributed by atoms with Gasteiger partial charge in [0, 0.05) is 31.7 Å². The molecule has 0 spiro atoms. The van der Waals surface area contributed by atoms with Gasteiger partial charge in [0.15, 0.2) is 0 Å². The number of likely N-dealkylation sites (tertiary alicyclic amines) is 1. The molecule has 1 aliphatic heterocycles. The second kappa shape index (κ2) is 9.51. The summed E-state index contributed by atoms with van der Waals surface area (Å²) in [4.78, 5) is 21.4. The molecule has 1 aliphatic rings. The van der Waals surface area contributed by atoms with E-state index in [9.17, 15) is 4.79 Å². The lowest BCUT2D eigenvalue weighted by atomic mass is 10.1. The summed E-state index contributed by atoms with van der Waals surface area (Å²) in [6, 6.07) is 12.0. The fourth-order valence-corrected chi connectivity index (χ4v) is 3.79. The molecule has 5 heteroatoms. The summed E-state index contributed by atoms with van der Waals surface area (Å²) in [7, 11) is 1.85. The highest BCUT2D eigenvalue weighted by Crippen LogP contribution is 2.24. The summed E-state index contributed by atoms with van der Waals surface area (Å²) in [5.41, 5.74) is 3.13. The highest BCUT2D eigenvalue weighted by Gasteiger charge is 2.21. The zero-order valence-corrected chi connectivity index (χ0v) is 16.4. The first-order chi connectivity index (χ1) is 13.2. The van der Waals surface area contributed by atoms with E-state index >= 15 is 0 Å². The van der Waals surface area contributed by atoms with E-state index in [0.29, 0.717) is 0 Å². The Labute approximate surface area is 162 Å². The maximum Gasteiger partial charge on any atom is 0.322 e. The van der Waals surface area contributed by atoms with Crippen molar-refractivity contribution in [2.24, 2.45) is 0 Å². The van der Waals surface area contributed by atoms with Crippen LogP contribution in [0.25, 0.3) is 0 Å². The average molecular weight is 367 g/mol. The number of para-hydroxylation sites is 1. The van der Waals surface area contributed by atoms with E-state index in [1.165, 1.54) is 24.8 Å². The highest BCUT2D eigenvalue weighted by molar-refractivity contribution is 5.90. The van der Waals surface area contributed by atoms with Crippen LogP contribution in [0.15, 0.2) is 48.8 Å². The number of rotatable bonds is 6. The number of nitrogens with one attached hydrogen (secondary N) is 1. The lowest BCUT2D eigenvalue weighted by Gasteiger charge is -2.29. The first-order valence-corrected chi connectivity index (χ1v) is 9.93. The Morgan fingerprint density at radius 3 is 2.67 bits per heavy atom. The van der Waals surface area contributed by atoms with Crippen molar-refractivity contribution in [2.45, 2.75) is 45.2 Å². The Kier molecular flexibility index (Phi) is 6.82. The number of hydrogen-bond donors (Lipinski definition) is 1. The molecule has 144 valence electrons. The maximum absolute atomic E-state index is 12.9. The number of pyridine rings is 1. The maximum atomic E-state index is 12.9. The third kappa shape index (κ3) is 5.07. The predicted octanol–water partition coefficient (Wildman–Crippen LogP) is 4.68. The number of carbonyl (C=O) groups excluding carboxylic acids is 1.